The molecule has 2 fully saturated rings. The van der Waals surface area contributed by atoms with E-state index in [9.17, 15) is 9.90 Å². The molecule has 0 spiro atoms. The van der Waals surface area contributed by atoms with Crippen LogP contribution in [0.5, 0.6) is 0 Å². The van der Waals surface area contributed by atoms with Crippen LogP contribution >= 0.6 is 0 Å². The van der Waals surface area contributed by atoms with E-state index in [1.54, 1.807) is 4.90 Å². The number of rotatable bonds is 2. The largest absolute Gasteiger partial charge is 0.394 e. The quantitative estimate of drug-likeness (QED) is 0.727. The molecule has 1 saturated heterocycles. The number of carbonyl (C=O) groups excluding carboxylic acids is 1. The Kier molecular flexibility index (Phi) is 4.59. The number of hydrogen-bond donors (Lipinski definition) is 2. The average Bonchev–Trinajstić information content (AvgIpc) is 2.40. The van der Waals surface area contributed by atoms with E-state index in [0.717, 1.165) is 19.3 Å². The van der Waals surface area contributed by atoms with E-state index in [0.29, 0.717) is 25.7 Å². The fourth-order valence-electron chi connectivity index (χ4n) is 3.01. The SMILES string of the molecule is CC1CCC(N)CC1C(=O)N1CCOCC1CO. The van der Waals surface area contributed by atoms with Crippen molar-refractivity contribution in [3.8, 4) is 0 Å². The average molecular weight is 256 g/mol. The molecule has 1 saturated carbocycles. The Bertz CT molecular complexity index is 294. The summed E-state index contributed by atoms with van der Waals surface area (Å²) >= 11 is 0. The fraction of sp³-hybridized carbons (Fsp3) is 0.923. The standard InChI is InChI=1S/C13H24N2O3/c1-9-2-3-10(14)6-12(9)13(17)15-4-5-18-8-11(15)7-16/h9-12,16H,2-8,14H2,1H3. The number of morpholine rings is 1. The molecule has 1 aliphatic heterocycles. The molecule has 1 aliphatic carbocycles. The molecule has 0 aromatic rings. The second-order valence-electron chi connectivity index (χ2n) is 5.60. The van der Waals surface area contributed by atoms with Gasteiger partial charge in [0, 0.05) is 18.5 Å². The fourth-order valence-corrected chi connectivity index (χ4v) is 3.01. The van der Waals surface area contributed by atoms with E-state index < -0.39 is 0 Å². The van der Waals surface area contributed by atoms with Gasteiger partial charge in [-0.15, -0.1) is 0 Å². The van der Waals surface area contributed by atoms with E-state index >= 15 is 0 Å². The van der Waals surface area contributed by atoms with Crippen molar-refractivity contribution in [1.82, 2.24) is 4.90 Å². The molecule has 4 unspecified atom stereocenters. The van der Waals surface area contributed by atoms with Crippen molar-refractivity contribution in [2.24, 2.45) is 17.6 Å². The van der Waals surface area contributed by atoms with E-state index in [2.05, 4.69) is 6.92 Å². The van der Waals surface area contributed by atoms with E-state index in [1.807, 2.05) is 0 Å². The zero-order chi connectivity index (χ0) is 13.1. The molecule has 5 heteroatoms. The number of aliphatic hydroxyl groups excluding tert-OH is 1. The maximum atomic E-state index is 12.6. The number of carbonyl (C=O) groups is 1. The Morgan fingerprint density at radius 3 is 3.00 bits per heavy atom. The van der Waals surface area contributed by atoms with Crippen LogP contribution < -0.4 is 5.73 Å². The highest BCUT2D eigenvalue weighted by Crippen LogP contribution is 2.31. The number of ether oxygens (including phenoxy) is 1. The topological polar surface area (TPSA) is 75.8 Å². The first-order valence-electron chi connectivity index (χ1n) is 6.88. The van der Waals surface area contributed by atoms with Crippen molar-refractivity contribution in [2.75, 3.05) is 26.4 Å². The summed E-state index contributed by atoms with van der Waals surface area (Å²) in [5, 5.41) is 9.33. The van der Waals surface area contributed by atoms with Gasteiger partial charge in [-0.1, -0.05) is 6.92 Å². The predicted molar refractivity (Wildman–Crippen MR) is 67.9 cm³/mol. The van der Waals surface area contributed by atoms with E-state index in [4.69, 9.17) is 10.5 Å². The summed E-state index contributed by atoms with van der Waals surface area (Å²) in [5.74, 6) is 0.556. The molecular formula is C13H24N2O3. The van der Waals surface area contributed by atoms with Gasteiger partial charge in [0.05, 0.1) is 25.9 Å². The third-order valence-corrected chi connectivity index (χ3v) is 4.27. The third-order valence-electron chi connectivity index (χ3n) is 4.27. The van der Waals surface area contributed by atoms with Crippen LogP contribution in [-0.4, -0.2) is 54.4 Å². The van der Waals surface area contributed by atoms with Crippen LogP contribution in [0.1, 0.15) is 26.2 Å². The molecule has 2 aliphatic rings. The summed E-state index contributed by atoms with van der Waals surface area (Å²) in [5.41, 5.74) is 5.98. The number of amides is 1. The second kappa shape index (κ2) is 5.99. The highest BCUT2D eigenvalue weighted by Gasteiger charge is 2.37. The molecule has 0 aromatic heterocycles. The first-order valence-corrected chi connectivity index (χ1v) is 6.88. The van der Waals surface area contributed by atoms with E-state index in [1.165, 1.54) is 0 Å². The molecule has 4 atom stereocenters. The van der Waals surface area contributed by atoms with Gasteiger partial charge >= 0.3 is 0 Å². The minimum atomic E-state index is -0.184. The summed E-state index contributed by atoms with van der Waals surface area (Å²) in [7, 11) is 0. The molecular weight excluding hydrogens is 232 g/mol. The zero-order valence-corrected chi connectivity index (χ0v) is 11.0. The summed E-state index contributed by atoms with van der Waals surface area (Å²) in [6.45, 7) is 3.69. The van der Waals surface area contributed by atoms with Gasteiger partial charge in [-0.05, 0) is 25.2 Å². The van der Waals surface area contributed by atoms with Gasteiger partial charge in [0.25, 0.3) is 0 Å². The second-order valence-corrected chi connectivity index (χ2v) is 5.60. The maximum absolute atomic E-state index is 12.6. The molecule has 0 radical (unpaired) electrons. The number of nitrogens with zero attached hydrogens (tertiary/aromatic N) is 1. The predicted octanol–water partition coefficient (Wildman–Crippen LogP) is -0.0304. The van der Waals surface area contributed by atoms with Gasteiger partial charge in [-0.2, -0.15) is 0 Å². The van der Waals surface area contributed by atoms with Crippen LogP contribution in [0.15, 0.2) is 0 Å². The molecule has 5 nitrogen and oxygen atoms in total. The molecule has 1 amide bonds. The van der Waals surface area contributed by atoms with Crippen molar-refractivity contribution in [3.63, 3.8) is 0 Å². The smallest absolute Gasteiger partial charge is 0.226 e. The van der Waals surface area contributed by atoms with Gasteiger partial charge in [-0.25, -0.2) is 0 Å². The van der Waals surface area contributed by atoms with Crippen molar-refractivity contribution in [3.05, 3.63) is 0 Å². The number of nitrogens with two attached hydrogens (primary N) is 1. The molecule has 3 N–H and O–H groups in total. The van der Waals surface area contributed by atoms with Crippen molar-refractivity contribution < 1.29 is 14.6 Å². The van der Waals surface area contributed by atoms with Crippen LogP contribution in [0, 0.1) is 11.8 Å². The maximum Gasteiger partial charge on any atom is 0.226 e. The monoisotopic (exact) mass is 256 g/mol. The molecule has 2 rings (SSSR count). The Morgan fingerprint density at radius 2 is 2.28 bits per heavy atom. The van der Waals surface area contributed by atoms with E-state index in [-0.39, 0.29) is 30.5 Å². The minimum absolute atomic E-state index is 0.0147. The lowest BCUT2D eigenvalue weighted by Crippen LogP contribution is -2.54. The summed E-state index contributed by atoms with van der Waals surface area (Å²) in [6.07, 6.45) is 2.80. The van der Waals surface area contributed by atoms with Crippen LogP contribution in [0.2, 0.25) is 0 Å². The van der Waals surface area contributed by atoms with Crippen molar-refractivity contribution in [1.29, 1.82) is 0 Å². The van der Waals surface area contributed by atoms with Crippen LogP contribution in [-0.2, 0) is 9.53 Å². The third kappa shape index (κ3) is 2.84. The Hall–Kier alpha value is -0.650. The van der Waals surface area contributed by atoms with Gasteiger partial charge in [-0.3, -0.25) is 4.79 Å². The van der Waals surface area contributed by atoms with Crippen molar-refractivity contribution in [2.45, 2.75) is 38.3 Å². The lowest BCUT2D eigenvalue weighted by Gasteiger charge is -2.40. The van der Waals surface area contributed by atoms with Crippen molar-refractivity contribution >= 4 is 5.91 Å². The normalized spacial score (nSPS) is 37.6. The lowest BCUT2D eigenvalue weighted by molar-refractivity contribution is -0.149. The molecule has 0 aromatic carbocycles. The highest BCUT2D eigenvalue weighted by atomic mass is 16.5. The summed E-state index contributed by atoms with van der Waals surface area (Å²) in [4.78, 5) is 14.4. The first-order chi connectivity index (χ1) is 8.63. The number of hydrogen-bond acceptors (Lipinski definition) is 4. The van der Waals surface area contributed by atoms with Gasteiger partial charge < -0.3 is 20.5 Å². The first kappa shape index (κ1) is 13.8. The minimum Gasteiger partial charge on any atom is -0.394 e. The summed E-state index contributed by atoms with van der Waals surface area (Å²) in [6, 6.07) is -0.0413. The Morgan fingerprint density at radius 1 is 1.50 bits per heavy atom. The van der Waals surface area contributed by atoms with Gasteiger partial charge in [0.15, 0.2) is 0 Å². The lowest BCUT2D eigenvalue weighted by atomic mass is 9.77. The number of aliphatic hydroxyl groups is 1. The van der Waals surface area contributed by atoms with Crippen LogP contribution in [0.3, 0.4) is 0 Å². The molecule has 1 heterocycles. The highest BCUT2D eigenvalue weighted by molar-refractivity contribution is 5.79. The van der Waals surface area contributed by atoms with Gasteiger partial charge in [0.1, 0.15) is 0 Å². The molecule has 104 valence electrons. The summed E-state index contributed by atoms with van der Waals surface area (Å²) < 4.78 is 5.31. The zero-order valence-electron chi connectivity index (χ0n) is 11.0. The molecule has 0 bridgehead atoms. The van der Waals surface area contributed by atoms with Gasteiger partial charge in [0.2, 0.25) is 5.91 Å². The Balaban J connectivity index is 2.04. The Labute approximate surface area is 108 Å². The van der Waals surface area contributed by atoms with Crippen LogP contribution in [0.4, 0.5) is 0 Å². The van der Waals surface area contributed by atoms with Crippen LogP contribution in [0.25, 0.3) is 0 Å². The molecule has 18 heavy (non-hydrogen) atoms.